The molecule has 0 unspecified atom stereocenters. The first-order valence-corrected chi connectivity index (χ1v) is 6.73. The molecule has 3 heteroatoms. The van der Waals surface area contributed by atoms with Crippen molar-refractivity contribution >= 4 is 11.3 Å². The van der Waals surface area contributed by atoms with Crippen LogP contribution in [0.4, 0.5) is 0 Å². The molecule has 0 atom stereocenters. The first kappa shape index (κ1) is 11.1. The lowest BCUT2D eigenvalue weighted by molar-refractivity contribution is 0.371. The molecule has 2 nitrogen and oxygen atoms in total. The van der Waals surface area contributed by atoms with Crippen LogP contribution in [0.15, 0.2) is 0 Å². The van der Waals surface area contributed by atoms with Gasteiger partial charge in [-0.3, -0.25) is 0 Å². The second-order valence-electron chi connectivity index (χ2n) is 4.45. The van der Waals surface area contributed by atoms with E-state index in [2.05, 4.69) is 24.1 Å². The van der Waals surface area contributed by atoms with Gasteiger partial charge in [0.1, 0.15) is 0 Å². The Labute approximate surface area is 96.1 Å². The number of nitrogens with zero attached hydrogens (tertiary/aromatic N) is 1. The summed E-state index contributed by atoms with van der Waals surface area (Å²) < 4.78 is 0. The number of hydrogen-bond donors (Lipinski definition) is 1. The molecule has 1 aliphatic rings. The zero-order valence-corrected chi connectivity index (χ0v) is 10.5. The molecule has 84 valence electrons. The summed E-state index contributed by atoms with van der Waals surface area (Å²) in [4.78, 5) is 5.92. The monoisotopic (exact) mass is 224 g/mol. The van der Waals surface area contributed by atoms with Crippen LogP contribution in [0.1, 0.15) is 47.7 Å². The van der Waals surface area contributed by atoms with E-state index in [1.807, 2.05) is 0 Å². The summed E-state index contributed by atoms with van der Waals surface area (Å²) in [5.41, 5.74) is 1.25. The normalized spacial score (nSPS) is 18.3. The van der Waals surface area contributed by atoms with Gasteiger partial charge in [0.15, 0.2) is 0 Å². The number of nitrogens with one attached hydrogen (secondary N) is 1. The third-order valence-corrected chi connectivity index (χ3v) is 4.09. The molecule has 0 radical (unpaired) electrons. The van der Waals surface area contributed by atoms with E-state index < -0.39 is 0 Å². The molecular formula is C12H20N2S. The topological polar surface area (TPSA) is 24.9 Å². The molecule has 2 rings (SSSR count). The molecule has 1 aromatic heterocycles. The molecule has 0 spiro atoms. The first-order chi connectivity index (χ1) is 7.25. The predicted molar refractivity (Wildman–Crippen MR) is 65.3 cm³/mol. The lowest BCUT2D eigenvalue weighted by atomic mass is 9.95. The van der Waals surface area contributed by atoms with Gasteiger partial charge in [0.2, 0.25) is 0 Å². The zero-order valence-electron chi connectivity index (χ0n) is 9.68. The minimum atomic E-state index is 0.736. The highest BCUT2D eigenvalue weighted by Gasteiger charge is 2.13. The zero-order chi connectivity index (χ0) is 10.7. The van der Waals surface area contributed by atoms with Crippen LogP contribution >= 0.6 is 11.3 Å². The summed E-state index contributed by atoms with van der Waals surface area (Å²) in [6.07, 6.45) is 6.91. The fraction of sp³-hybridized carbons (Fsp3) is 0.750. The molecule has 1 aliphatic carbocycles. The Hall–Kier alpha value is -0.410. The van der Waals surface area contributed by atoms with Crippen LogP contribution in [-0.2, 0) is 6.54 Å². The Morgan fingerprint density at radius 2 is 2.00 bits per heavy atom. The van der Waals surface area contributed by atoms with E-state index in [1.54, 1.807) is 11.3 Å². The minimum absolute atomic E-state index is 0.736. The van der Waals surface area contributed by atoms with E-state index in [0.717, 1.165) is 12.6 Å². The van der Waals surface area contributed by atoms with E-state index in [-0.39, 0.29) is 0 Å². The van der Waals surface area contributed by atoms with Crippen molar-refractivity contribution in [2.45, 2.75) is 58.5 Å². The third kappa shape index (κ3) is 3.02. The summed E-state index contributed by atoms with van der Waals surface area (Å²) in [7, 11) is 0. The van der Waals surface area contributed by atoms with Crippen molar-refractivity contribution in [1.29, 1.82) is 0 Å². The molecule has 0 bridgehead atoms. The lowest BCUT2D eigenvalue weighted by Gasteiger charge is -2.22. The average molecular weight is 224 g/mol. The van der Waals surface area contributed by atoms with Crippen LogP contribution in [0.5, 0.6) is 0 Å². The van der Waals surface area contributed by atoms with Gasteiger partial charge in [-0.2, -0.15) is 0 Å². The van der Waals surface area contributed by atoms with Crippen LogP contribution in [-0.4, -0.2) is 11.0 Å². The number of rotatable bonds is 3. The summed E-state index contributed by atoms with van der Waals surface area (Å²) in [5, 5.41) is 4.82. The number of thiazole rings is 1. The lowest BCUT2D eigenvalue weighted by Crippen LogP contribution is -2.30. The van der Waals surface area contributed by atoms with Crippen LogP contribution in [0.3, 0.4) is 0 Å². The highest BCUT2D eigenvalue weighted by atomic mass is 32.1. The smallest absolute Gasteiger partial charge is 0.0900 e. The summed E-state index contributed by atoms with van der Waals surface area (Å²) in [6.45, 7) is 5.21. The Balaban J connectivity index is 1.84. The molecule has 1 fully saturated rings. The van der Waals surface area contributed by atoms with Crippen LogP contribution in [0.2, 0.25) is 0 Å². The maximum Gasteiger partial charge on any atom is 0.0900 e. The minimum Gasteiger partial charge on any atom is -0.308 e. The van der Waals surface area contributed by atoms with E-state index >= 15 is 0 Å². The van der Waals surface area contributed by atoms with Gasteiger partial charge in [-0.1, -0.05) is 19.3 Å². The van der Waals surface area contributed by atoms with Gasteiger partial charge in [-0.05, 0) is 26.7 Å². The quantitative estimate of drug-likeness (QED) is 0.853. The highest BCUT2D eigenvalue weighted by molar-refractivity contribution is 7.11. The van der Waals surface area contributed by atoms with Crippen molar-refractivity contribution in [3.05, 3.63) is 15.6 Å². The predicted octanol–water partition coefficient (Wildman–Crippen LogP) is 3.18. The first-order valence-electron chi connectivity index (χ1n) is 5.92. The maximum absolute atomic E-state index is 4.55. The van der Waals surface area contributed by atoms with Gasteiger partial charge in [0.25, 0.3) is 0 Å². The van der Waals surface area contributed by atoms with Crippen LogP contribution in [0.25, 0.3) is 0 Å². The van der Waals surface area contributed by atoms with Crippen molar-refractivity contribution in [3.8, 4) is 0 Å². The largest absolute Gasteiger partial charge is 0.308 e. The summed E-state index contributed by atoms with van der Waals surface area (Å²) in [6, 6.07) is 0.736. The molecule has 0 saturated heterocycles. The fourth-order valence-electron chi connectivity index (χ4n) is 2.28. The van der Waals surface area contributed by atoms with E-state index in [4.69, 9.17) is 0 Å². The van der Waals surface area contributed by atoms with Gasteiger partial charge in [0, 0.05) is 17.5 Å². The Morgan fingerprint density at radius 3 is 2.60 bits per heavy atom. The van der Waals surface area contributed by atoms with Crippen molar-refractivity contribution in [2.24, 2.45) is 0 Å². The van der Waals surface area contributed by atoms with Crippen molar-refractivity contribution in [2.75, 3.05) is 0 Å². The van der Waals surface area contributed by atoms with Gasteiger partial charge < -0.3 is 5.32 Å². The average Bonchev–Trinajstić information content (AvgIpc) is 2.56. The van der Waals surface area contributed by atoms with Crippen LogP contribution < -0.4 is 5.32 Å². The number of hydrogen-bond acceptors (Lipinski definition) is 3. The van der Waals surface area contributed by atoms with E-state index in [1.165, 1.54) is 47.7 Å². The van der Waals surface area contributed by atoms with Crippen molar-refractivity contribution in [3.63, 3.8) is 0 Å². The van der Waals surface area contributed by atoms with Gasteiger partial charge in [-0.15, -0.1) is 11.3 Å². The number of aryl methyl sites for hydroxylation is 2. The maximum atomic E-state index is 4.55. The Bertz CT molecular complexity index is 313. The summed E-state index contributed by atoms with van der Waals surface area (Å²) in [5.74, 6) is 0. The fourth-order valence-corrected chi connectivity index (χ4v) is 3.12. The molecule has 0 aromatic carbocycles. The molecule has 1 N–H and O–H groups in total. The van der Waals surface area contributed by atoms with Crippen molar-refractivity contribution in [1.82, 2.24) is 10.3 Å². The molecular weight excluding hydrogens is 204 g/mol. The van der Waals surface area contributed by atoms with Crippen molar-refractivity contribution < 1.29 is 0 Å². The van der Waals surface area contributed by atoms with Gasteiger partial charge >= 0.3 is 0 Å². The third-order valence-electron chi connectivity index (χ3n) is 3.16. The van der Waals surface area contributed by atoms with Gasteiger partial charge in [0.05, 0.1) is 10.7 Å². The number of aromatic nitrogens is 1. The van der Waals surface area contributed by atoms with Gasteiger partial charge in [-0.25, -0.2) is 4.98 Å². The molecule has 0 aliphatic heterocycles. The van der Waals surface area contributed by atoms with E-state index in [0.29, 0.717) is 0 Å². The highest BCUT2D eigenvalue weighted by Crippen LogP contribution is 2.19. The SMILES string of the molecule is Cc1nc(CNC2CCCCC2)c(C)s1. The van der Waals surface area contributed by atoms with E-state index in [9.17, 15) is 0 Å². The molecule has 1 aromatic rings. The summed E-state index contributed by atoms with van der Waals surface area (Å²) >= 11 is 1.80. The standard InChI is InChI=1S/C12H20N2S/c1-9-12(14-10(2)15-9)8-13-11-6-4-3-5-7-11/h11,13H,3-8H2,1-2H3. The second-order valence-corrected chi connectivity index (χ2v) is 5.86. The Morgan fingerprint density at radius 1 is 1.27 bits per heavy atom. The second kappa shape index (κ2) is 5.08. The molecule has 1 heterocycles. The molecule has 1 saturated carbocycles. The van der Waals surface area contributed by atoms with Crippen LogP contribution in [0, 0.1) is 13.8 Å². The Kier molecular flexibility index (Phi) is 3.76. The molecule has 0 amide bonds. The molecule has 15 heavy (non-hydrogen) atoms.